The lowest BCUT2D eigenvalue weighted by Crippen LogP contribution is -2.30. The van der Waals surface area contributed by atoms with Crippen molar-refractivity contribution >= 4 is 39.5 Å². The molecule has 0 bridgehead atoms. The monoisotopic (exact) mass is 1600 g/mol. The van der Waals surface area contributed by atoms with E-state index >= 15 is 0 Å². The van der Waals surface area contributed by atoms with Crippen molar-refractivity contribution in [2.75, 3.05) is 39.6 Å². The topological polar surface area (TPSA) is 237 Å². The number of phosphoric acid groups is 2. The van der Waals surface area contributed by atoms with Gasteiger partial charge in [0.1, 0.15) is 19.3 Å². The first-order valence-electron chi connectivity index (χ1n) is 42.0. The molecule has 2 unspecified atom stereocenters. The maximum absolute atomic E-state index is 13.1. The maximum Gasteiger partial charge on any atom is 0.472 e. The summed E-state index contributed by atoms with van der Waals surface area (Å²) in [5, 5.41) is 10.7. The zero-order chi connectivity index (χ0) is 81.7. The summed E-state index contributed by atoms with van der Waals surface area (Å²) in [7, 11) is -10.1. The standard InChI is InChI=1S/C93H146O17P2/c1-5-9-13-17-21-25-29-33-37-40-43-46-50-54-58-62-66-70-74-78-91(96)104-84-89(110-93(98)80-76-72-68-64-60-56-52-48-45-42-39-35-31-27-23-19-15-11-7-3)86-108-112(101,102)106-82-87(94)81-105-111(99,100)107-85-88(83-103-90(95)77-73-69-65-61-57-53-49-36-32-28-24-20-16-12-8-4)109-92(97)79-75-71-67-63-59-55-51-47-44-41-38-34-30-26-22-18-14-10-6-2/h10,14,21-28,33-39,43-49,54-56,58-60,66-68,70-72,87-89,94H,5-9,11-13,15-20,29-32,40-42,50-53,57,61-65,69,73-86H2,1-4H3,(H,99,100)(H,101,102)/b14-10-,25-21-,26-22-,27-23-,28-24-,37-33-,38-34-,39-35-,46-43-,47-44-,48-45-,49-36-,58-54-,59-55-,60-56-,70-66-,71-67-,72-68-/t87-,88+,89+/m0/s1. The summed E-state index contributed by atoms with van der Waals surface area (Å²) < 4.78 is 68.5. The van der Waals surface area contributed by atoms with Gasteiger partial charge in [-0.2, -0.15) is 0 Å². The number of aliphatic hydroxyl groups is 1. The van der Waals surface area contributed by atoms with Gasteiger partial charge in [-0.15, -0.1) is 0 Å². The third-order valence-corrected chi connectivity index (χ3v) is 18.3. The number of phosphoric ester groups is 2. The van der Waals surface area contributed by atoms with Crippen molar-refractivity contribution in [3.05, 3.63) is 219 Å². The number of carbonyl (C=O) groups is 4. The van der Waals surface area contributed by atoms with E-state index in [4.69, 9.17) is 37.0 Å². The number of hydrogen-bond acceptors (Lipinski definition) is 15. The average molecular weight is 1600 g/mol. The highest BCUT2D eigenvalue weighted by Gasteiger charge is 2.30. The van der Waals surface area contributed by atoms with Gasteiger partial charge in [0.15, 0.2) is 12.2 Å². The smallest absolute Gasteiger partial charge is 0.462 e. The van der Waals surface area contributed by atoms with Gasteiger partial charge in [-0.05, 0) is 173 Å². The Balaban J connectivity index is 5.63. The van der Waals surface area contributed by atoms with E-state index in [9.17, 15) is 43.2 Å². The van der Waals surface area contributed by atoms with Crippen LogP contribution in [0.4, 0.5) is 0 Å². The van der Waals surface area contributed by atoms with Crippen molar-refractivity contribution in [3.63, 3.8) is 0 Å². The van der Waals surface area contributed by atoms with Crippen LogP contribution in [0.25, 0.3) is 0 Å². The third kappa shape index (κ3) is 81.4. The quantitative estimate of drug-likeness (QED) is 0.0169. The third-order valence-electron chi connectivity index (χ3n) is 16.4. The molecule has 3 N–H and O–H groups in total. The Morgan fingerprint density at radius 1 is 0.259 bits per heavy atom. The van der Waals surface area contributed by atoms with Crippen molar-refractivity contribution in [1.29, 1.82) is 0 Å². The van der Waals surface area contributed by atoms with Crippen LogP contribution in [0.3, 0.4) is 0 Å². The van der Waals surface area contributed by atoms with Crippen molar-refractivity contribution < 1.29 is 80.2 Å². The van der Waals surface area contributed by atoms with Gasteiger partial charge < -0.3 is 33.8 Å². The van der Waals surface area contributed by atoms with Crippen LogP contribution in [0.2, 0.25) is 0 Å². The second-order valence-corrected chi connectivity index (χ2v) is 29.9. The number of allylic oxidation sites excluding steroid dienone is 36. The predicted octanol–water partition coefficient (Wildman–Crippen LogP) is 25.2. The molecule has 0 aliphatic rings. The van der Waals surface area contributed by atoms with Gasteiger partial charge in [-0.25, -0.2) is 9.13 Å². The van der Waals surface area contributed by atoms with E-state index in [1.165, 1.54) is 57.8 Å². The molecule has 0 aliphatic carbocycles. The Morgan fingerprint density at radius 2 is 0.482 bits per heavy atom. The van der Waals surface area contributed by atoms with Crippen molar-refractivity contribution in [2.45, 2.75) is 303 Å². The highest BCUT2D eigenvalue weighted by Crippen LogP contribution is 2.45. The number of esters is 4. The van der Waals surface area contributed by atoms with Crippen LogP contribution in [0, 0.1) is 0 Å². The van der Waals surface area contributed by atoms with Gasteiger partial charge in [0.2, 0.25) is 0 Å². The minimum Gasteiger partial charge on any atom is -0.462 e. The van der Waals surface area contributed by atoms with Gasteiger partial charge in [0, 0.05) is 25.7 Å². The molecule has 112 heavy (non-hydrogen) atoms. The molecule has 0 rings (SSSR count). The molecular formula is C93H146O17P2. The molecule has 0 aliphatic heterocycles. The normalized spacial score (nSPS) is 14.9. The largest absolute Gasteiger partial charge is 0.472 e. The van der Waals surface area contributed by atoms with E-state index in [2.05, 4.69) is 192 Å². The van der Waals surface area contributed by atoms with Gasteiger partial charge >= 0.3 is 39.5 Å². The fraction of sp³-hybridized carbons (Fsp3) is 0.570. The molecule has 0 saturated carbocycles. The second kappa shape index (κ2) is 82.4. The first-order chi connectivity index (χ1) is 54.7. The van der Waals surface area contributed by atoms with E-state index in [0.717, 1.165) is 128 Å². The molecule has 17 nitrogen and oxygen atoms in total. The van der Waals surface area contributed by atoms with Crippen molar-refractivity contribution in [2.24, 2.45) is 0 Å². The lowest BCUT2D eigenvalue weighted by molar-refractivity contribution is -0.161. The SMILES string of the molecule is CC/C=C\C/C=C\C/C=C\C/C=C\C/C=C\C/C=C\CCC(=O)O[C@H](COC(=O)CCCCCCC/C=C\C/C=C\CCCCC)COP(=O)(O)OC[C@H](O)COP(=O)(O)OC[C@@H](COC(=O)CC/C=C\C/C=C\C/C=C\C/C=C\C/C=C\CCCCC)OC(=O)CC/C=C\C/C=C\C/C=C\C/C=C\C/C=C\CCCCC. The molecule has 0 saturated heterocycles. The zero-order valence-electron chi connectivity index (χ0n) is 69.0. The highest BCUT2D eigenvalue weighted by atomic mass is 31.2. The molecule has 0 radical (unpaired) electrons. The Labute approximate surface area is 677 Å². The summed E-state index contributed by atoms with van der Waals surface area (Å²) >= 11 is 0. The van der Waals surface area contributed by atoms with Gasteiger partial charge in [0.25, 0.3) is 0 Å². The molecule has 0 aromatic carbocycles. The van der Waals surface area contributed by atoms with Crippen LogP contribution in [0.1, 0.15) is 285 Å². The first-order valence-corrected chi connectivity index (χ1v) is 45.0. The number of unbranched alkanes of at least 4 members (excludes halogenated alkanes) is 14. The number of carbonyl (C=O) groups excluding carboxylic acids is 4. The lowest BCUT2D eigenvalue weighted by atomic mass is 10.1. The Hall–Kier alpha value is -6.62. The first kappa shape index (κ1) is 105. The molecule has 0 aromatic heterocycles. The number of ether oxygens (including phenoxy) is 4. The van der Waals surface area contributed by atoms with E-state index in [1.807, 2.05) is 54.7 Å². The number of rotatable bonds is 76. The summed E-state index contributed by atoms with van der Waals surface area (Å²) in [5.74, 6) is -2.51. The average Bonchev–Trinajstić information content (AvgIpc) is 0.897. The maximum atomic E-state index is 13.1. The van der Waals surface area contributed by atoms with Gasteiger partial charge in [-0.1, -0.05) is 304 Å². The molecule has 0 amide bonds. The minimum absolute atomic E-state index is 0.0113. The van der Waals surface area contributed by atoms with Gasteiger partial charge in [0.05, 0.1) is 26.4 Å². The summed E-state index contributed by atoms with van der Waals surface area (Å²) in [6.45, 7) is 4.38. The summed E-state index contributed by atoms with van der Waals surface area (Å²) in [4.78, 5) is 73.1. The fourth-order valence-corrected chi connectivity index (χ4v) is 11.6. The van der Waals surface area contributed by atoms with E-state index in [1.54, 1.807) is 0 Å². The Bertz CT molecular complexity index is 2990. The molecule has 0 fully saturated rings. The van der Waals surface area contributed by atoms with Crippen LogP contribution in [-0.4, -0.2) is 96.7 Å². The summed E-state index contributed by atoms with van der Waals surface area (Å²) in [6.07, 6.45) is 105. The van der Waals surface area contributed by atoms with Crippen LogP contribution in [0.15, 0.2) is 219 Å². The molecule has 0 heterocycles. The number of aliphatic hydroxyl groups excluding tert-OH is 1. The molecule has 5 atom stereocenters. The van der Waals surface area contributed by atoms with E-state index < -0.39 is 97.5 Å². The molecule has 630 valence electrons. The van der Waals surface area contributed by atoms with Crippen molar-refractivity contribution in [3.8, 4) is 0 Å². The number of hydrogen-bond donors (Lipinski definition) is 3. The lowest BCUT2D eigenvalue weighted by Gasteiger charge is -2.21. The second-order valence-electron chi connectivity index (χ2n) is 27.0. The van der Waals surface area contributed by atoms with Crippen LogP contribution >= 0.6 is 15.6 Å². The highest BCUT2D eigenvalue weighted by molar-refractivity contribution is 7.47. The van der Waals surface area contributed by atoms with Crippen LogP contribution < -0.4 is 0 Å². The Morgan fingerprint density at radius 3 is 0.768 bits per heavy atom. The molecular weight excluding hydrogens is 1450 g/mol. The van der Waals surface area contributed by atoms with Gasteiger partial charge in [-0.3, -0.25) is 37.3 Å². The summed E-state index contributed by atoms with van der Waals surface area (Å²) in [5.41, 5.74) is 0. The van der Waals surface area contributed by atoms with E-state index in [0.29, 0.717) is 44.9 Å². The van der Waals surface area contributed by atoms with Crippen LogP contribution in [-0.2, 0) is 65.4 Å². The molecule has 0 spiro atoms. The Kier molecular flexibility index (Phi) is 77.5. The van der Waals surface area contributed by atoms with Crippen LogP contribution in [0.5, 0.6) is 0 Å². The van der Waals surface area contributed by atoms with Crippen molar-refractivity contribution in [1.82, 2.24) is 0 Å². The fourth-order valence-electron chi connectivity index (χ4n) is 10.1. The minimum atomic E-state index is -5.04. The summed E-state index contributed by atoms with van der Waals surface area (Å²) in [6, 6.07) is 0. The van der Waals surface area contributed by atoms with E-state index in [-0.39, 0.29) is 25.7 Å². The molecule has 0 aromatic rings. The zero-order valence-corrected chi connectivity index (χ0v) is 70.8. The molecule has 19 heteroatoms. The predicted molar refractivity (Wildman–Crippen MR) is 463 cm³/mol.